The number of methoxy groups -OCH3 is 1. The number of para-hydroxylation sites is 2. The van der Waals surface area contributed by atoms with E-state index < -0.39 is 0 Å². The van der Waals surface area contributed by atoms with Crippen molar-refractivity contribution in [2.45, 2.75) is 18.7 Å². The monoisotopic (exact) mass is 266 g/mol. The first-order valence-electron chi connectivity index (χ1n) is 6.56. The van der Waals surface area contributed by atoms with Gasteiger partial charge in [-0.1, -0.05) is 19.1 Å². The molecule has 0 bridgehead atoms. The van der Waals surface area contributed by atoms with Gasteiger partial charge in [0.2, 0.25) is 0 Å². The molecule has 4 heteroatoms. The van der Waals surface area contributed by atoms with Crippen molar-refractivity contribution in [2.75, 3.05) is 38.2 Å². The van der Waals surface area contributed by atoms with Crippen molar-refractivity contribution in [1.82, 2.24) is 4.90 Å². The Morgan fingerprint density at radius 1 is 1.22 bits per heavy atom. The molecule has 0 spiro atoms. The summed E-state index contributed by atoms with van der Waals surface area (Å²) in [5.41, 5.74) is 1.20. The van der Waals surface area contributed by atoms with E-state index in [4.69, 9.17) is 4.74 Å². The molecule has 100 valence electrons. The largest absolute Gasteiger partial charge is 0.495 e. The molecule has 0 aliphatic carbocycles. The zero-order valence-corrected chi connectivity index (χ0v) is 12.1. The van der Waals surface area contributed by atoms with Crippen LogP contribution in [0, 0.1) is 0 Å². The van der Waals surface area contributed by atoms with E-state index in [1.807, 2.05) is 12.1 Å². The first-order chi connectivity index (χ1) is 8.76. The van der Waals surface area contributed by atoms with Crippen LogP contribution in [0.25, 0.3) is 0 Å². The third-order valence-corrected chi connectivity index (χ3v) is 4.22. The molecule has 1 atom stereocenters. The Labute approximate surface area is 115 Å². The average Bonchev–Trinajstić information content (AvgIpc) is 2.46. The Kier molecular flexibility index (Phi) is 4.78. The number of rotatable bonds is 4. The summed E-state index contributed by atoms with van der Waals surface area (Å²) in [6, 6.07) is 8.23. The fraction of sp³-hybridized carbons (Fsp3) is 0.571. The molecule has 1 aliphatic heterocycles. The third kappa shape index (κ3) is 2.93. The number of benzene rings is 1. The second-order valence-electron chi connectivity index (χ2n) is 4.58. The van der Waals surface area contributed by atoms with Gasteiger partial charge in [-0.2, -0.15) is 12.6 Å². The van der Waals surface area contributed by atoms with E-state index in [0.29, 0.717) is 5.37 Å². The zero-order valence-electron chi connectivity index (χ0n) is 11.2. The van der Waals surface area contributed by atoms with Crippen molar-refractivity contribution >= 4 is 18.3 Å². The molecule has 1 fully saturated rings. The average molecular weight is 266 g/mol. The van der Waals surface area contributed by atoms with Crippen molar-refractivity contribution in [1.29, 1.82) is 0 Å². The van der Waals surface area contributed by atoms with Crippen molar-refractivity contribution in [3.8, 4) is 5.75 Å². The summed E-state index contributed by atoms with van der Waals surface area (Å²) >= 11 is 4.61. The van der Waals surface area contributed by atoms with Crippen molar-refractivity contribution in [3.63, 3.8) is 0 Å². The van der Waals surface area contributed by atoms with Crippen LogP contribution < -0.4 is 9.64 Å². The number of piperazine rings is 1. The van der Waals surface area contributed by atoms with E-state index in [1.54, 1.807) is 7.11 Å². The second kappa shape index (κ2) is 6.34. The Hall–Kier alpha value is -0.870. The summed E-state index contributed by atoms with van der Waals surface area (Å²) < 4.78 is 5.42. The van der Waals surface area contributed by atoms with Crippen LogP contribution in [0.5, 0.6) is 5.75 Å². The molecule has 0 amide bonds. The van der Waals surface area contributed by atoms with Crippen LogP contribution >= 0.6 is 12.6 Å². The maximum atomic E-state index is 5.42. The molecule has 1 unspecified atom stereocenters. The Bertz CT molecular complexity index is 378. The van der Waals surface area contributed by atoms with Crippen molar-refractivity contribution < 1.29 is 4.74 Å². The van der Waals surface area contributed by atoms with Gasteiger partial charge in [-0.15, -0.1) is 0 Å². The molecule has 0 N–H and O–H groups in total. The number of ether oxygens (including phenoxy) is 1. The highest BCUT2D eigenvalue weighted by Gasteiger charge is 2.22. The smallest absolute Gasteiger partial charge is 0.142 e. The number of hydrogen-bond acceptors (Lipinski definition) is 4. The van der Waals surface area contributed by atoms with Crippen LogP contribution in [0.3, 0.4) is 0 Å². The molecule has 1 heterocycles. The summed E-state index contributed by atoms with van der Waals surface area (Å²) in [4.78, 5) is 4.83. The highest BCUT2D eigenvalue weighted by atomic mass is 32.1. The van der Waals surface area contributed by atoms with E-state index in [9.17, 15) is 0 Å². The van der Waals surface area contributed by atoms with Gasteiger partial charge in [0.1, 0.15) is 5.75 Å². The lowest BCUT2D eigenvalue weighted by molar-refractivity contribution is 0.238. The molecule has 1 aliphatic rings. The lowest BCUT2D eigenvalue weighted by Crippen LogP contribution is -2.49. The lowest BCUT2D eigenvalue weighted by Gasteiger charge is -2.38. The first kappa shape index (κ1) is 13.6. The van der Waals surface area contributed by atoms with Gasteiger partial charge in [0, 0.05) is 26.2 Å². The molecule has 0 aromatic heterocycles. The summed E-state index contributed by atoms with van der Waals surface area (Å²) in [6.45, 7) is 6.40. The number of anilines is 1. The molecule has 1 aromatic rings. The van der Waals surface area contributed by atoms with Crippen LogP contribution in [0.2, 0.25) is 0 Å². The van der Waals surface area contributed by atoms with E-state index in [1.165, 1.54) is 5.69 Å². The Morgan fingerprint density at radius 2 is 1.89 bits per heavy atom. The van der Waals surface area contributed by atoms with E-state index in [0.717, 1.165) is 38.3 Å². The SMILES string of the molecule is CCC(S)N1CCN(c2ccccc2OC)CC1. The molecule has 0 radical (unpaired) electrons. The van der Waals surface area contributed by atoms with E-state index in [2.05, 4.69) is 41.5 Å². The molecule has 0 saturated carbocycles. The predicted octanol–water partition coefficient (Wildman–Crippen LogP) is 2.48. The number of nitrogens with zero attached hydrogens (tertiary/aromatic N) is 2. The second-order valence-corrected chi connectivity index (χ2v) is 5.18. The third-order valence-electron chi connectivity index (χ3n) is 3.53. The van der Waals surface area contributed by atoms with Gasteiger partial charge in [0.25, 0.3) is 0 Å². The zero-order chi connectivity index (χ0) is 13.0. The molecule has 1 aromatic carbocycles. The van der Waals surface area contributed by atoms with Crippen LogP contribution in [-0.2, 0) is 0 Å². The topological polar surface area (TPSA) is 15.7 Å². The lowest BCUT2D eigenvalue weighted by atomic mass is 10.2. The molecule has 18 heavy (non-hydrogen) atoms. The Morgan fingerprint density at radius 3 is 2.50 bits per heavy atom. The van der Waals surface area contributed by atoms with Crippen molar-refractivity contribution in [2.24, 2.45) is 0 Å². The van der Waals surface area contributed by atoms with Gasteiger partial charge in [-0.25, -0.2) is 0 Å². The molecule has 2 rings (SSSR count). The van der Waals surface area contributed by atoms with Gasteiger partial charge < -0.3 is 9.64 Å². The minimum atomic E-state index is 0.393. The summed E-state index contributed by atoms with van der Waals surface area (Å²) in [5.74, 6) is 0.962. The standard InChI is InChI=1S/C14H22N2OS/c1-3-14(18)16-10-8-15(9-11-16)12-6-4-5-7-13(12)17-2/h4-7,14,18H,3,8-11H2,1-2H3. The van der Waals surface area contributed by atoms with Crippen LogP contribution in [0.4, 0.5) is 5.69 Å². The highest BCUT2D eigenvalue weighted by molar-refractivity contribution is 7.80. The number of thiol groups is 1. The fourth-order valence-electron chi connectivity index (χ4n) is 2.41. The Balaban J connectivity index is 2.01. The van der Waals surface area contributed by atoms with Gasteiger partial charge >= 0.3 is 0 Å². The van der Waals surface area contributed by atoms with Gasteiger partial charge in [0.15, 0.2) is 0 Å². The quantitative estimate of drug-likeness (QED) is 0.843. The number of hydrogen-bond donors (Lipinski definition) is 1. The summed E-state index contributed by atoms with van der Waals surface area (Å²) in [6.07, 6.45) is 1.10. The minimum Gasteiger partial charge on any atom is -0.495 e. The fourth-order valence-corrected chi connectivity index (χ4v) is 2.64. The predicted molar refractivity (Wildman–Crippen MR) is 79.8 cm³/mol. The molecular weight excluding hydrogens is 244 g/mol. The normalized spacial score (nSPS) is 18.7. The first-order valence-corrected chi connectivity index (χ1v) is 7.08. The maximum Gasteiger partial charge on any atom is 0.142 e. The van der Waals surface area contributed by atoms with Crippen LogP contribution in [0.15, 0.2) is 24.3 Å². The van der Waals surface area contributed by atoms with Crippen molar-refractivity contribution in [3.05, 3.63) is 24.3 Å². The van der Waals surface area contributed by atoms with Crippen LogP contribution in [0.1, 0.15) is 13.3 Å². The molecular formula is C14H22N2OS. The minimum absolute atomic E-state index is 0.393. The van der Waals surface area contributed by atoms with Gasteiger partial charge in [-0.3, -0.25) is 4.90 Å². The molecule has 1 saturated heterocycles. The van der Waals surface area contributed by atoms with Gasteiger partial charge in [0.05, 0.1) is 18.2 Å². The van der Waals surface area contributed by atoms with E-state index in [-0.39, 0.29) is 0 Å². The van der Waals surface area contributed by atoms with Crippen LogP contribution in [-0.4, -0.2) is 43.6 Å². The van der Waals surface area contributed by atoms with Gasteiger partial charge in [-0.05, 0) is 18.6 Å². The summed E-state index contributed by atoms with van der Waals surface area (Å²) in [5, 5.41) is 0.393. The summed E-state index contributed by atoms with van der Waals surface area (Å²) in [7, 11) is 1.73. The maximum absolute atomic E-state index is 5.42. The molecule has 3 nitrogen and oxygen atoms in total. The van der Waals surface area contributed by atoms with E-state index >= 15 is 0 Å². The highest BCUT2D eigenvalue weighted by Crippen LogP contribution is 2.28.